The molecule has 2 atom stereocenters. The standard InChI is InChI=1S/C22H23F3N4O2/c1-13-6-5-7-15(8-13)28(3)21(30)19-10-16(31-4)12-29(19)20-17(11-26)18(22(23,24)25)9-14(2)27-20/h5-9,16,19H,10,12H2,1-4H3. The molecule has 9 heteroatoms. The fourth-order valence-electron chi connectivity index (χ4n) is 3.82. The molecule has 0 aliphatic carbocycles. The average Bonchev–Trinajstić information content (AvgIpc) is 3.15. The third-order valence-electron chi connectivity index (χ3n) is 5.42. The molecular formula is C22H23F3N4O2. The number of carbonyl (C=O) groups excluding carboxylic acids is 1. The number of halogens is 3. The van der Waals surface area contributed by atoms with Gasteiger partial charge in [-0.2, -0.15) is 18.4 Å². The summed E-state index contributed by atoms with van der Waals surface area (Å²) in [5.41, 5.74) is 0.0968. The molecule has 6 nitrogen and oxygen atoms in total. The Bertz CT molecular complexity index is 1030. The fourth-order valence-corrected chi connectivity index (χ4v) is 3.82. The summed E-state index contributed by atoms with van der Waals surface area (Å²) in [6.45, 7) is 3.48. The first-order chi connectivity index (χ1) is 14.6. The van der Waals surface area contributed by atoms with E-state index in [1.807, 2.05) is 25.1 Å². The van der Waals surface area contributed by atoms with Gasteiger partial charge in [0, 0.05) is 38.5 Å². The molecule has 1 aliphatic heterocycles. The smallest absolute Gasteiger partial charge is 0.380 e. The summed E-state index contributed by atoms with van der Waals surface area (Å²) in [5.74, 6) is -0.462. The van der Waals surface area contributed by atoms with Crippen LogP contribution in [0, 0.1) is 25.2 Å². The number of aromatic nitrogens is 1. The maximum absolute atomic E-state index is 13.6. The van der Waals surface area contributed by atoms with E-state index in [0.29, 0.717) is 5.69 Å². The van der Waals surface area contributed by atoms with Crippen LogP contribution >= 0.6 is 0 Å². The van der Waals surface area contributed by atoms with E-state index in [4.69, 9.17) is 4.74 Å². The molecule has 1 aliphatic rings. The van der Waals surface area contributed by atoms with Crippen molar-refractivity contribution in [3.63, 3.8) is 0 Å². The number of benzene rings is 1. The highest BCUT2D eigenvalue weighted by Crippen LogP contribution is 2.38. The summed E-state index contributed by atoms with van der Waals surface area (Å²) in [7, 11) is 3.10. The van der Waals surface area contributed by atoms with Crippen LogP contribution in [0.3, 0.4) is 0 Å². The lowest BCUT2D eigenvalue weighted by Crippen LogP contribution is -2.45. The van der Waals surface area contributed by atoms with Crippen molar-refractivity contribution in [1.29, 1.82) is 5.26 Å². The second kappa shape index (κ2) is 8.55. The number of nitrogens with zero attached hydrogens (tertiary/aromatic N) is 4. The van der Waals surface area contributed by atoms with Crippen molar-refractivity contribution < 1.29 is 22.7 Å². The van der Waals surface area contributed by atoms with Crippen molar-refractivity contribution in [3.8, 4) is 6.07 Å². The van der Waals surface area contributed by atoms with Crippen LogP contribution in [0.2, 0.25) is 0 Å². The van der Waals surface area contributed by atoms with Crippen LogP contribution in [0.25, 0.3) is 0 Å². The van der Waals surface area contributed by atoms with Crippen LogP contribution < -0.4 is 9.80 Å². The number of anilines is 2. The van der Waals surface area contributed by atoms with Gasteiger partial charge >= 0.3 is 6.18 Å². The van der Waals surface area contributed by atoms with Crippen LogP contribution in [-0.4, -0.2) is 43.7 Å². The van der Waals surface area contributed by atoms with Crippen LogP contribution in [0.15, 0.2) is 30.3 Å². The van der Waals surface area contributed by atoms with E-state index in [0.717, 1.165) is 11.6 Å². The van der Waals surface area contributed by atoms with Gasteiger partial charge in [0.05, 0.1) is 11.7 Å². The van der Waals surface area contributed by atoms with Crippen molar-refractivity contribution in [2.75, 3.05) is 30.5 Å². The first-order valence-electron chi connectivity index (χ1n) is 9.69. The molecule has 164 valence electrons. The van der Waals surface area contributed by atoms with E-state index in [2.05, 4.69) is 4.98 Å². The second-order valence-corrected chi connectivity index (χ2v) is 7.62. The lowest BCUT2D eigenvalue weighted by atomic mass is 10.1. The molecule has 0 bridgehead atoms. The monoisotopic (exact) mass is 432 g/mol. The Kier molecular flexibility index (Phi) is 6.23. The van der Waals surface area contributed by atoms with Gasteiger partial charge in [-0.3, -0.25) is 4.79 Å². The molecule has 1 fully saturated rings. The molecule has 0 spiro atoms. The maximum Gasteiger partial charge on any atom is 0.417 e. The number of hydrogen-bond donors (Lipinski definition) is 0. The van der Waals surface area contributed by atoms with Gasteiger partial charge in [-0.15, -0.1) is 0 Å². The van der Waals surface area contributed by atoms with E-state index in [9.17, 15) is 23.2 Å². The Morgan fingerprint density at radius 1 is 1.32 bits per heavy atom. The van der Waals surface area contributed by atoms with Gasteiger partial charge in [-0.05, 0) is 37.6 Å². The summed E-state index contributed by atoms with van der Waals surface area (Å²) in [4.78, 5) is 20.5. The third-order valence-corrected chi connectivity index (χ3v) is 5.42. The number of ether oxygens (including phenoxy) is 1. The minimum atomic E-state index is -4.72. The molecule has 0 saturated carbocycles. The van der Waals surface area contributed by atoms with Crippen molar-refractivity contribution in [1.82, 2.24) is 4.98 Å². The first kappa shape index (κ1) is 22.6. The van der Waals surface area contributed by atoms with Gasteiger partial charge in [0.2, 0.25) is 5.91 Å². The van der Waals surface area contributed by atoms with Gasteiger partial charge in [0.25, 0.3) is 0 Å². The number of carbonyl (C=O) groups is 1. The molecule has 1 aromatic heterocycles. The molecular weight excluding hydrogens is 409 g/mol. The van der Waals surface area contributed by atoms with Gasteiger partial charge in [-0.1, -0.05) is 12.1 Å². The number of hydrogen-bond acceptors (Lipinski definition) is 5. The highest BCUT2D eigenvalue weighted by molar-refractivity contribution is 5.99. The lowest BCUT2D eigenvalue weighted by Gasteiger charge is -2.30. The Morgan fingerprint density at radius 2 is 2.03 bits per heavy atom. The van der Waals surface area contributed by atoms with Crippen molar-refractivity contribution in [3.05, 3.63) is 52.7 Å². The van der Waals surface area contributed by atoms with E-state index >= 15 is 0 Å². The number of alkyl halides is 3. The predicted molar refractivity (Wildman–Crippen MR) is 110 cm³/mol. The molecule has 31 heavy (non-hydrogen) atoms. The van der Waals surface area contributed by atoms with Crippen molar-refractivity contribution in [2.24, 2.45) is 0 Å². The van der Waals surface area contributed by atoms with Gasteiger partial charge in [-0.25, -0.2) is 4.98 Å². The topological polar surface area (TPSA) is 69.5 Å². The Labute approximate surface area is 178 Å². The summed E-state index contributed by atoms with van der Waals surface area (Å²) in [5, 5.41) is 9.54. The first-order valence-corrected chi connectivity index (χ1v) is 9.69. The third kappa shape index (κ3) is 4.49. The molecule has 1 amide bonds. The highest BCUT2D eigenvalue weighted by Gasteiger charge is 2.43. The van der Waals surface area contributed by atoms with Crippen molar-refractivity contribution >= 4 is 17.4 Å². The van der Waals surface area contributed by atoms with E-state index in [1.54, 1.807) is 19.2 Å². The largest absolute Gasteiger partial charge is 0.417 e. The molecule has 3 rings (SSSR count). The number of nitriles is 1. The van der Waals surface area contributed by atoms with Crippen LogP contribution in [0.5, 0.6) is 0 Å². The summed E-state index contributed by atoms with van der Waals surface area (Å²) in [6, 6.07) is 9.03. The summed E-state index contributed by atoms with van der Waals surface area (Å²) in [6.07, 6.45) is -4.83. The molecule has 2 unspecified atom stereocenters. The lowest BCUT2D eigenvalue weighted by molar-refractivity contribution is -0.137. The molecule has 0 N–H and O–H groups in total. The molecule has 1 aromatic carbocycles. The minimum absolute atomic E-state index is 0.112. The molecule has 2 aromatic rings. The average molecular weight is 432 g/mol. The Morgan fingerprint density at radius 3 is 2.61 bits per heavy atom. The Hall–Kier alpha value is -3.12. The van der Waals surface area contributed by atoms with E-state index in [1.165, 1.54) is 23.8 Å². The van der Waals surface area contributed by atoms with Crippen LogP contribution in [-0.2, 0) is 15.7 Å². The number of methoxy groups -OCH3 is 1. The van der Waals surface area contributed by atoms with Gasteiger partial charge in [0.1, 0.15) is 23.5 Å². The molecule has 0 radical (unpaired) electrons. The fraction of sp³-hybridized carbons (Fsp3) is 0.409. The quantitative estimate of drug-likeness (QED) is 0.734. The van der Waals surface area contributed by atoms with Crippen molar-refractivity contribution in [2.45, 2.75) is 38.6 Å². The normalized spacial score (nSPS) is 18.7. The zero-order valence-corrected chi connectivity index (χ0v) is 17.7. The minimum Gasteiger partial charge on any atom is -0.380 e. The Balaban J connectivity index is 2.06. The second-order valence-electron chi connectivity index (χ2n) is 7.62. The SMILES string of the molecule is COC1CC(C(=O)N(C)c2cccc(C)c2)N(c2nc(C)cc(C(F)(F)F)c2C#N)C1. The zero-order chi connectivity index (χ0) is 22.9. The number of pyridine rings is 1. The molecule has 2 heterocycles. The van der Waals surface area contributed by atoms with Crippen LogP contribution in [0.4, 0.5) is 24.7 Å². The highest BCUT2D eigenvalue weighted by atomic mass is 19.4. The number of amides is 1. The van der Waals surface area contributed by atoms with Gasteiger partial charge < -0.3 is 14.5 Å². The van der Waals surface area contributed by atoms with Crippen LogP contribution in [0.1, 0.15) is 28.8 Å². The zero-order valence-electron chi connectivity index (χ0n) is 17.7. The number of aryl methyl sites for hydroxylation is 2. The van der Waals surface area contributed by atoms with Gasteiger partial charge in [0.15, 0.2) is 0 Å². The number of rotatable bonds is 4. The maximum atomic E-state index is 13.6. The van der Waals surface area contributed by atoms with E-state index < -0.39 is 23.3 Å². The predicted octanol–water partition coefficient (Wildman–Crippen LogP) is 3.85. The summed E-state index contributed by atoms with van der Waals surface area (Å²) >= 11 is 0. The summed E-state index contributed by atoms with van der Waals surface area (Å²) < 4.78 is 46.1. The van der Waals surface area contributed by atoms with E-state index in [-0.39, 0.29) is 36.5 Å². The number of likely N-dealkylation sites (N-methyl/N-ethyl adjacent to an activating group) is 1. The molecule has 1 saturated heterocycles.